The van der Waals surface area contributed by atoms with Crippen LogP contribution >= 0.6 is 11.6 Å². The fraction of sp³-hybridized carbons (Fsp3) is 0.500. The van der Waals surface area contributed by atoms with Crippen LogP contribution in [0, 0.1) is 5.92 Å². The lowest BCUT2D eigenvalue weighted by atomic mass is 10.0. The van der Waals surface area contributed by atoms with Gasteiger partial charge in [-0.1, -0.05) is 44.2 Å². The van der Waals surface area contributed by atoms with Gasteiger partial charge in [0, 0.05) is 19.4 Å². The zero-order chi connectivity index (χ0) is 17.8. The van der Waals surface area contributed by atoms with E-state index in [9.17, 15) is 4.79 Å². The van der Waals surface area contributed by atoms with Crippen LogP contribution in [0.2, 0.25) is 5.28 Å². The van der Waals surface area contributed by atoms with Crippen LogP contribution in [0.25, 0.3) is 0 Å². The second kappa shape index (κ2) is 7.97. The Balaban J connectivity index is 1.67. The molecular formula is C18H23ClN4O2. The third-order valence-corrected chi connectivity index (χ3v) is 4.64. The first-order valence-electron chi connectivity index (χ1n) is 8.58. The number of morpholine rings is 1. The summed E-state index contributed by atoms with van der Waals surface area (Å²) >= 11 is 5.70. The first-order valence-corrected chi connectivity index (χ1v) is 8.95. The van der Waals surface area contributed by atoms with Gasteiger partial charge in [0.15, 0.2) is 0 Å². The maximum Gasteiger partial charge on any atom is 0.242 e. The molecule has 25 heavy (non-hydrogen) atoms. The fourth-order valence-corrected chi connectivity index (χ4v) is 3.12. The number of ether oxygens (including phenoxy) is 1. The van der Waals surface area contributed by atoms with E-state index in [4.69, 9.17) is 16.3 Å². The zero-order valence-electron chi connectivity index (χ0n) is 14.5. The molecule has 0 spiro atoms. The van der Waals surface area contributed by atoms with Crippen molar-refractivity contribution in [2.75, 3.05) is 13.1 Å². The number of hydrogen-bond donors (Lipinski definition) is 1. The highest BCUT2D eigenvalue weighted by Gasteiger charge is 2.32. The quantitative estimate of drug-likeness (QED) is 0.887. The molecule has 1 aliphatic heterocycles. The van der Waals surface area contributed by atoms with E-state index in [0.29, 0.717) is 37.7 Å². The maximum atomic E-state index is 12.7. The van der Waals surface area contributed by atoms with E-state index >= 15 is 0 Å². The Hall–Kier alpha value is -1.92. The monoisotopic (exact) mass is 362 g/mol. The van der Waals surface area contributed by atoms with E-state index in [1.807, 2.05) is 35.2 Å². The molecule has 134 valence electrons. The van der Waals surface area contributed by atoms with Crippen molar-refractivity contribution in [2.45, 2.75) is 38.9 Å². The number of H-pyrrole nitrogens is 1. The Bertz CT molecular complexity index is 704. The van der Waals surface area contributed by atoms with Gasteiger partial charge in [0.25, 0.3) is 0 Å². The normalized spacial score (nSPS) is 20.9. The number of nitrogens with zero attached hydrogens (tertiary/aromatic N) is 3. The summed E-state index contributed by atoms with van der Waals surface area (Å²) in [7, 11) is 0. The van der Waals surface area contributed by atoms with Gasteiger partial charge in [0.05, 0.1) is 12.6 Å². The smallest absolute Gasteiger partial charge is 0.242 e. The topological polar surface area (TPSA) is 71.1 Å². The van der Waals surface area contributed by atoms with Crippen molar-refractivity contribution in [2.24, 2.45) is 5.92 Å². The summed E-state index contributed by atoms with van der Waals surface area (Å²) in [6.45, 7) is 5.44. The predicted molar refractivity (Wildman–Crippen MR) is 95.2 cm³/mol. The van der Waals surface area contributed by atoms with Crippen LogP contribution in [0.3, 0.4) is 0 Å². The van der Waals surface area contributed by atoms with Crippen molar-refractivity contribution in [3.05, 3.63) is 47.0 Å². The number of amides is 1. The van der Waals surface area contributed by atoms with Crippen LogP contribution in [0.1, 0.15) is 37.8 Å². The first kappa shape index (κ1) is 17.9. The summed E-state index contributed by atoms with van der Waals surface area (Å²) in [6.07, 6.45) is 0.810. The van der Waals surface area contributed by atoms with Gasteiger partial charge < -0.3 is 9.64 Å². The molecule has 0 aliphatic carbocycles. The molecule has 0 bridgehead atoms. The molecule has 0 radical (unpaired) electrons. The predicted octanol–water partition coefficient (Wildman–Crippen LogP) is 3.02. The van der Waals surface area contributed by atoms with Gasteiger partial charge in [-0.05, 0) is 23.1 Å². The molecule has 2 heterocycles. The zero-order valence-corrected chi connectivity index (χ0v) is 15.2. The third kappa shape index (κ3) is 4.58. The van der Waals surface area contributed by atoms with E-state index in [1.165, 1.54) is 0 Å². The Morgan fingerprint density at radius 1 is 1.36 bits per heavy atom. The minimum atomic E-state index is -0.0916. The van der Waals surface area contributed by atoms with Crippen molar-refractivity contribution >= 4 is 17.5 Å². The molecule has 2 atom stereocenters. The molecule has 1 saturated heterocycles. The Labute approximate surface area is 152 Å². The van der Waals surface area contributed by atoms with Gasteiger partial charge in [-0.3, -0.25) is 9.89 Å². The molecule has 3 rings (SSSR count). The van der Waals surface area contributed by atoms with E-state index in [0.717, 1.165) is 5.56 Å². The Kier molecular flexibility index (Phi) is 5.71. The molecule has 2 aromatic rings. The summed E-state index contributed by atoms with van der Waals surface area (Å²) in [5, 5.41) is 6.69. The summed E-state index contributed by atoms with van der Waals surface area (Å²) < 4.78 is 6.24. The number of aromatic nitrogens is 3. The highest BCUT2D eigenvalue weighted by molar-refractivity contribution is 6.28. The molecule has 1 aliphatic rings. The van der Waals surface area contributed by atoms with Crippen LogP contribution in [0.5, 0.6) is 0 Å². The van der Waals surface area contributed by atoms with Crippen molar-refractivity contribution < 1.29 is 9.53 Å². The molecule has 1 fully saturated rings. The molecule has 0 saturated carbocycles. The van der Waals surface area contributed by atoms with E-state index in [-0.39, 0.29) is 23.4 Å². The molecule has 1 amide bonds. The largest absolute Gasteiger partial charge is 0.366 e. The standard InChI is InChI=1S/C18H23ClN4O2/c1-12(2)14-10-23(11-15(25-14)13-6-4-3-5-7-13)17(24)9-8-16-20-18(19)22-21-16/h3-7,12,14-15H,8-11H2,1-2H3,(H,20,21,22)/t14-,15+/m1/s1. The number of aryl methyl sites for hydroxylation is 1. The Morgan fingerprint density at radius 3 is 2.76 bits per heavy atom. The van der Waals surface area contributed by atoms with Gasteiger partial charge in [-0.25, -0.2) is 4.98 Å². The average molecular weight is 363 g/mol. The average Bonchev–Trinajstić information content (AvgIpc) is 3.05. The minimum absolute atomic E-state index is 0.0302. The Morgan fingerprint density at radius 2 is 2.12 bits per heavy atom. The van der Waals surface area contributed by atoms with E-state index in [1.54, 1.807) is 0 Å². The van der Waals surface area contributed by atoms with E-state index < -0.39 is 0 Å². The first-order chi connectivity index (χ1) is 12.0. The summed E-state index contributed by atoms with van der Waals surface area (Å²) in [4.78, 5) is 18.6. The molecular weight excluding hydrogens is 340 g/mol. The lowest BCUT2D eigenvalue weighted by Crippen LogP contribution is -2.48. The third-order valence-electron chi connectivity index (χ3n) is 4.47. The lowest BCUT2D eigenvalue weighted by molar-refractivity contribution is -0.150. The van der Waals surface area contributed by atoms with Gasteiger partial charge in [0.1, 0.15) is 11.9 Å². The van der Waals surface area contributed by atoms with Gasteiger partial charge >= 0.3 is 0 Å². The van der Waals surface area contributed by atoms with E-state index in [2.05, 4.69) is 29.0 Å². The SMILES string of the molecule is CC(C)[C@H]1CN(C(=O)CCc2nc(Cl)n[nH]2)C[C@@H](c2ccccc2)O1. The number of carbonyl (C=O) groups excluding carboxylic acids is 1. The molecule has 0 unspecified atom stereocenters. The summed E-state index contributed by atoms with van der Waals surface area (Å²) in [6, 6.07) is 10.1. The molecule has 1 aromatic heterocycles. The number of halogens is 1. The number of carbonyl (C=O) groups is 1. The number of rotatable bonds is 5. The van der Waals surface area contributed by atoms with Crippen LogP contribution in [0.4, 0.5) is 0 Å². The highest BCUT2D eigenvalue weighted by atomic mass is 35.5. The molecule has 7 heteroatoms. The number of hydrogen-bond acceptors (Lipinski definition) is 4. The van der Waals surface area contributed by atoms with Gasteiger partial charge in [-0.15, -0.1) is 5.10 Å². The van der Waals surface area contributed by atoms with Crippen molar-refractivity contribution in [3.8, 4) is 0 Å². The van der Waals surface area contributed by atoms with Crippen molar-refractivity contribution in [3.63, 3.8) is 0 Å². The number of nitrogens with one attached hydrogen (secondary N) is 1. The fourth-order valence-electron chi connectivity index (χ4n) is 2.98. The number of benzene rings is 1. The van der Waals surface area contributed by atoms with Gasteiger partial charge in [0.2, 0.25) is 11.2 Å². The lowest BCUT2D eigenvalue weighted by Gasteiger charge is -2.40. The summed E-state index contributed by atoms with van der Waals surface area (Å²) in [5.41, 5.74) is 1.10. The van der Waals surface area contributed by atoms with Crippen LogP contribution in [-0.4, -0.2) is 45.2 Å². The molecule has 6 nitrogen and oxygen atoms in total. The number of aromatic amines is 1. The minimum Gasteiger partial charge on any atom is -0.366 e. The van der Waals surface area contributed by atoms with Crippen LogP contribution < -0.4 is 0 Å². The second-order valence-corrected chi connectivity index (χ2v) is 7.01. The van der Waals surface area contributed by atoms with Crippen LogP contribution in [0.15, 0.2) is 30.3 Å². The second-order valence-electron chi connectivity index (χ2n) is 6.67. The highest BCUT2D eigenvalue weighted by Crippen LogP contribution is 2.28. The van der Waals surface area contributed by atoms with Gasteiger partial charge in [-0.2, -0.15) is 0 Å². The van der Waals surface area contributed by atoms with Crippen molar-refractivity contribution in [1.29, 1.82) is 0 Å². The summed E-state index contributed by atoms with van der Waals surface area (Å²) in [5.74, 6) is 1.07. The maximum absolute atomic E-state index is 12.7. The molecule has 1 aromatic carbocycles. The van der Waals surface area contributed by atoms with Crippen LogP contribution in [-0.2, 0) is 16.0 Å². The molecule has 1 N–H and O–H groups in total. The van der Waals surface area contributed by atoms with Crippen molar-refractivity contribution in [1.82, 2.24) is 20.1 Å².